The highest BCUT2D eigenvalue weighted by Crippen LogP contribution is 2.19. The van der Waals surface area contributed by atoms with Crippen molar-refractivity contribution < 1.29 is 24.5 Å². The highest BCUT2D eigenvalue weighted by atomic mass is 16.5. The Morgan fingerprint density at radius 1 is 0.346 bits per heavy atom. The van der Waals surface area contributed by atoms with Crippen molar-refractivity contribution >= 4 is 11.9 Å². The summed E-state index contributed by atoms with van der Waals surface area (Å²) in [5, 5.41) is 23.4. The SMILES string of the molecule is CCCCCCCC/C=C\CCCCCCCCCC(=O)OCCCCCCCCCCCCCCCCCCCCCCCCCCCCCC(=O)NC(CO)C(O)CCCCCCCCCCCCCCCCCCC. The first-order valence-corrected chi connectivity index (χ1v) is 35.9. The molecular weight excluding hydrogens is 959 g/mol. The summed E-state index contributed by atoms with van der Waals surface area (Å²) < 4.78 is 5.50. The van der Waals surface area contributed by atoms with Crippen molar-refractivity contribution in [2.24, 2.45) is 0 Å². The van der Waals surface area contributed by atoms with Gasteiger partial charge in [0.05, 0.1) is 25.4 Å². The number of carbonyl (C=O) groups is 2. The van der Waals surface area contributed by atoms with Crippen molar-refractivity contribution in [2.75, 3.05) is 13.2 Å². The molecule has 0 aromatic rings. The smallest absolute Gasteiger partial charge is 0.305 e. The quantitative estimate of drug-likeness (QED) is 0.0320. The summed E-state index contributed by atoms with van der Waals surface area (Å²) in [6.07, 6.45) is 84.1. The van der Waals surface area contributed by atoms with Gasteiger partial charge in [0.2, 0.25) is 5.91 Å². The van der Waals surface area contributed by atoms with E-state index in [9.17, 15) is 19.8 Å². The number of unbranched alkanes of at least 4 members (excludes halogenated alkanes) is 55. The number of allylic oxidation sites excluding steroid dienone is 2. The number of aliphatic hydroxyl groups excluding tert-OH is 2. The van der Waals surface area contributed by atoms with E-state index < -0.39 is 12.1 Å². The lowest BCUT2D eigenvalue weighted by Crippen LogP contribution is -2.45. The zero-order valence-electron chi connectivity index (χ0n) is 53.2. The van der Waals surface area contributed by atoms with Crippen LogP contribution in [0.25, 0.3) is 0 Å². The van der Waals surface area contributed by atoms with Gasteiger partial charge in [-0.15, -0.1) is 0 Å². The first-order valence-electron chi connectivity index (χ1n) is 35.9. The van der Waals surface area contributed by atoms with E-state index in [1.54, 1.807) is 0 Å². The summed E-state index contributed by atoms with van der Waals surface area (Å²) in [7, 11) is 0. The Kier molecular flexibility index (Phi) is 66.9. The Balaban J connectivity index is 3.33. The zero-order valence-corrected chi connectivity index (χ0v) is 53.2. The van der Waals surface area contributed by atoms with Gasteiger partial charge in [0, 0.05) is 12.8 Å². The molecule has 0 aliphatic rings. The van der Waals surface area contributed by atoms with E-state index >= 15 is 0 Å². The second-order valence-electron chi connectivity index (χ2n) is 24.9. The molecule has 464 valence electrons. The molecule has 78 heavy (non-hydrogen) atoms. The molecule has 0 aromatic heterocycles. The third-order valence-corrected chi connectivity index (χ3v) is 17.1. The molecule has 2 atom stereocenters. The normalized spacial score (nSPS) is 12.5. The topological polar surface area (TPSA) is 95.9 Å². The van der Waals surface area contributed by atoms with Crippen molar-refractivity contribution in [1.29, 1.82) is 0 Å². The Bertz CT molecular complexity index is 1180. The van der Waals surface area contributed by atoms with Crippen LogP contribution in [0.15, 0.2) is 12.2 Å². The van der Waals surface area contributed by atoms with Crippen LogP contribution < -0.4 is 5.32 Å². The van der Waals surface area contributed by atoms with Crippen LogP contribution in [0, 0.1) is 0 Å². The van der Waals surface area contributed by atoms with Gasteiger partial charge in [-0.05, 0) is 51.4 Å². The Morgan fingerprint density at radius 2 is 0.603 bits per heavy atom. The van der Waals surface area contributed by atoms with Crippen LogP contribution in [0.2, 0.25) is 0 Å². The van der Waals surface area contributed by atoms with Crippen molar-refractivity contribution in [2.45, 2.75) is 424 Å². The Hall–Kier alpha value is -1.40. The van der Waals surface area contributed by atoms with Gasteiger partial charge in [-0.1, -0.05) is 360 Å². The molecule has 0 saturated carbocycles. The molecule has 0 bridgehead atoms. The van der Waals surface area contributed by atoms with Crippen molar-refractivity contribution in [3.05, 3.63) is 12.2 Å². The fourth-order valence-electron chi connectivity index (χ4n) is 11.6. The molecule has 3 N–H and O–H groups in total. The molecule has 0 aliphatic carbocycles. The molecule has 0 rings (SSSR count). The molecule has 0 spiro atoms. The highest BCUT2D eigenvalue weighted by Gasteiger charge is 2.20. The lowest BCUT2D eigenvalue weighted by atomic mass is 10.0. The third-order valence-electron chi connectivity index (χ3n) is 17.1. The highest BCUT2D eigenvalue weighted by molar-refractivity contribution is 5.76. The first-order chi connectivity index (χ1) is 38.5. The van der Waals surface area contributed by atoms with E-state index in [-0.39, 0.29) is 18.5 Å². The summed E-state index contributed by atoms with van der Waals surface area (Å²) in [4.78, 5) is 24.6. The third kappa shape index (κ3) is 63.8. The van der Waals surface area contributed by atoms with Gasteiger partial charge in [0.15, 0.2) is 0 Å². The molecule has 0 saturated heterocycles. The van der Waals surface area contributed by atoms with Crippen LogP contribution in [0.1, 0.15) is 412 Å². The van der Waals surface area contributed by atoms with Crippen LogP contribution in [0.4, 0.5) is 0 Å². The number of aliphatic hydroxyl groups is 2. The number of rotatable bonds is 68. The van der Waals surface area contributed by atoms with Gasteiger partial charge in [0.25, 0.3) is 0 Å². The minimum absolute atomic E-state index is 0.0158. The minimum atomic E-state index is -0.662. The average molecular weight is 1100 g/mol. The van der Waals surface area contributed by atoms with Crippen molar-refractivity contribution in [1.82, 2.24) is 5.32 Å². The largest absolute Gasteiger partial charge is 0.466 e. The second-order valence-corrected chi connectivity index (χ2v) is 24.9. The number of hydrogen-bond acceptors (Lipinski definition) is 5. The molecule has 6 heteroatoms. The van der Waals surface area contributed by atoms with Crippen LogP contribution in [0.3, 0.4) is 0 Å². The molecular formula is C72H141NO5. The molecule has 0 radical (unpaired) electrons. The van der Waals surface area contributed by atoms with E-state index in [2.05, 4.69) is 31.3 Å². The molecule has 0 aliphatic heterocycles. The number of esters is 1. The maximum absolute atomic E-state index is 12.5. The molecule has 0 fully saturated rings. The lowest BCUT2D eigenvalue weighted by molar-refractivity contribution is -0.143. The van der Waals surface area contributed by atoms with E-state index in [0.717, 1.165) is 44.9 Å². The maximum atomic E-state index is 12.5. The zero-order chi connectivity index (χ0) is 56.4. The number of hydrogen-bond donors (Lipinski definition) is 3. The number of ether oxygens (including phenoxy) is 1. The van der Waals surface area contributed by atoms with Crippen molar-refractivity contribution in [3.63, 3.8) is 0 Å². The molecule has 6 nitrogen and oxygen atoms in total. The van der Waals surface area contributed by atoms with Gasteiger partial charge in [0.1, 0.15) is 0 Å². The molecule has 1 amide bonds. The van der Waals surface area contributed by atoms with E-state index in [4.69, 9.17) is 4.74 Å². The minimum Gasteiger partial charge on any atom is -0.466 e. The number of nitrogens with one attached hydrogen (secondary N) is 1. The van der Waals surface area contributed by atoms with Gasteiger partial charge in [-0.25, -0.2) is 0 Å². The van der Waals surface area contributed by atoms with Crippen LogP contribution in [-0.2, 0) is 14.3 Å². The van der Waals surface area contributed by atoms with Crippen LogP contribution >= 0.6 is 0 Å². The summed E-state index contributed by atoms with van der Waals surface area (Å²) >= 11 is 0. The summed E-state index contributed by atoms with van der Waals surface area (Å²) in [5.41, 5.74) is 0. The summed E-state index contributed by atoms with van der Waals surface area (Å²) in [6, 6.07) is -0.539. The van der Waals surface area contributed by atoms with Gasteiger partial charge in [-0.3, -0.25) is 9.59 Å². The van der Waals surface area contributed by atoms with Crippen LogP contribution in [-0.4, -0.2) is 47.4 Å². The molecule has 0 heterocycles. The average Bonchev–Trinajstić information content (AvgIpc) is 3.44. The number of carbonyl (C=O) groups excluding carboxylic acids is 2. The molecule has 2 unspecified atom stereocenters. The fraction of sp³-hybridized carbons (Fsp3) is 0.944. The predicted molar refractivity (Wildman–Crippen MR) is 343 cm³/mol. The summed E-state index contributed by atoms with van der Waals surface area (Å²) in [6.45, 7) is 4.99. The monoisotopic (exact) mass is 1100 g/mol. The van der Waals surface area contributed by atoms with E-state index in [0.29, 0.717) is 25.9 Å². The fourth-order valence-corrected chi connectivity index (χ4v) is 11.6. The van der Waals surface area contributed by atoms with Gasteiger partial charge in [-0.2, -0.15) is 0 Å². The predicted octanol–water partition coefficient (Wildman–Crippen LogP) is 23.1. The second kappa shape index (κ2) is 68.1. The van der Waals surface area contributed by atoms with E-state index in [1.165, 1.54) is 334 Å². The Morgan fingerprint density at radius 3 is 0.910 bits per heavy atom. The standard InChI is InChI=1S/C72H141NO5/c1-3-5-7-9-11-13-15-17-19-32-36-40-44-48-52-56-60-64-70(75)69(68-74)73-71(76)65-61-57-53-49-45-41-37-34-30-28-26-24-22-21-23-25-27-29-31-35-39-43-47-51-55-59-63-67-78-72(77)66-62-58-54-50-46-42-38-33-20-18-16-14-12-10-8-6-4-2/h18,20,69-70,74-75H,3-17,19,21-68H2,1-2H3,(H,73,76)/b20-18-. The van der Waals surface area contributed by atoms with Crippen molar-refractivity contribution in [3.8, 4) is 0 Å². The lowest BCUT2D eigenvalue weighted by Gasteiger charge is -2.22. The maximum Gasteiger partial charge on any atom is 0.305 e. The number of amides is 1. The van der Waals surface area contributed by atoms with Gasteiger partial charge < -0.3 is 20.3 Å². The first kappa shape index (κ1) is 76.6. The van der Waals surface area contributed by atoms with Gasteiger partial charge >= 0.3 is 5.97 Å². The summed E-state index contributed by atoms with van der Waals surface area (Å²) in [5.74, 6) is -0.0123. The molecule has 0 aromatic carbocycles. The van der Waals surface area contributed by atoms with Crippen LogP contribution in [0.5, 0.6) is 0 Å². The Labute approximate surface area is 489 Å². The van der Waals surface area contributed by atoms with E-state index in [1.807, 2.05) is 0 Å².